The summed E-state index contributed by atoms with van der Waals surface area (Å²) in [6, 6.07) is 14.7. The summed E-state index contributed by atoms with van der Waals surface area (Å²) in [5.74, 6) is 0.699. The summed E-state index contributed by atoms with van der Waals surface area (Å²) < 4.78 is 39.6. The molecule has 0 fully saturated rings. The van der Waals surface area contributed by atoms with Crippen LogP contribution in [0.25, 0.3) is 11.3 Å². The van der Waals surface area contributed by atoms with Crippen molar-refractivity contribution in [2.24, 2.45) is 5.10 Å². The van der Waals surface area contributed by atoms with Crippen LogP contribution in [0.2, 0.25) is 0 Å². The molecule has 1 aromatic heterocycles. The van der Waals surface area contributed by atoms with Crippen molar-refractivity contribution < 1.29 is 13.2 Å². The maximum atomic E-state index is 12.6. The molecule has 0 bridgehead atoms. The molecule has 128 valence electrons. The molecule has 0 saturated heterocycles. The molecular formula is C19H16F3N3. The van der Waals surface area contributed by atoms with Gasteiger partial charge in [-0.2, -0.15) is 18.3 Å². The lowest BCUT2D eigenvalue weighted by atomic mass is 10.1. The Balaban J connectivity index is 1.89. The molecule has 2 aromatic carbocycles. The Bertz CT molecular complexity index is 892. The number of rotatable bonds is 3. The van der Waals surface area contributed by atoms with Crippen LogP contribution in [0.5, 0.6) is 0 Å². The normalized spacial score (nSPS) is 12.4. The minimum Gasteiger partial charge on any atom is -0.232 e. The molecule has 0 spiro atoms. The van der Waals surface area contributed by atoms with Crippen molar-refractivity contribution in [3.05, 3.63) is 77.7 Å². The van der Waals surface area contributed by atoms with Gasteiger partial charge in [0.1, 0.15) is 5.82 Å². The second kappa shape index (κ2) is 6.55. The zero-order valence-corrected chi connectivity index (χ0v) is 13.7. The molecule has 0 aliphatic heterocycles. The number of benzene rings is 2. The van der Waals surface area contributed by atoms with Crippen molar-refractivity contribution in [1.29, 1.82) is 0 Å². The van der Waals surface area contributed by atoms with Gasteiger partial charge >= 0.3 is 6.18 Å². The summed E-state index contributed by atoms with van der Waals surface area (Å²) in [5, 5.41) is 4.46. The fourth-order valence-electron chi connectivity index (χ4n) is 2.43. The maximum Gasteiger partial charge on any atom is 0.416 e. The third-order valence-corrected chi connectivity index (χ3v) is 3.82. The highest BCUT2D eigenvalue weighted by Crippen LogP contribution is 2.29. The Morgan fingerprint density at radius 2 is 1.64 bits per heavy atom. The number of alkyl halides is 3. The number of aromatic nitrogens is 2. The van der Waals surface area contributed by atoms with Crippen LogP contribution in [0.15, 0.2) is 65.9 Å². The highest BCUT2D eigenvalue weighted by atomic mass is 19.4. The van der Waals surface area contributed by atoms with E-state index in [2.05, 4.69) is 10.1 Å². The van der Waals surface area contributed by atoms with Crippen LogP contribution >= 0.6 is 0 Å². The maximum absolute atomic E-state index is 12.6. The molecule has 0 atom stereocenters. The van der Waals surface area contributed by atoms with Gasteiger partial charge in [0.2, 0.25) is 0 Å². The van der Waals surface area contributed by atoms with E-state index in [4.69, 9.17) is 0 Å². The molecular weight excluding hydrogens is 327 g/mol. The molecule has 3 aromatic rings. The first kappa shape index (κ1) is 17.0. The predicted molar refractivity (Wildman–Crippen MR) is 91.5 cm³/mol. The van der Waals surface area contributed by atoms with Gasteiger partial charge in [-0.25, -0.2) is 9.66 Å². The summed E-state index contributed by atoms with van der Waals surface area (Å²) >= 11 is 0. The van der Waals surface area contributed by atoms with E-state index >= 15 is 0 Å². The molecule has 3 rings (SSSR count). The first-order valence-electron chi connectivity index (χ1n) is 7.69. The monoisotopic (exact) mass is 343 g/mol. The van der Waals surface area contributed by atoms with E-state index in [1.807, 2.05) is 37.3 Å². The van der Waals surface area contributed by atoms with Gasteiger partial charge in [0.25, 0.3) is 0 Å². The van der Waals surface area contributed by atoms with E-state index in [-0.39, 0.29) is 0 Å². The lowest BCUT2D eigenvalue weighted by Crippen LogP contribution is -2.06. The zero-order valence-electron chi connectivity index (χ0n) is 13.7. The van der Waals surface area contributed by atoms with Crippen LogP contribution in [0.3, 0.4) is 0 Å². The van der Waals surface area contributed by atoms with Gasteiger partial charge in [-0.05, 0) is 31.5 Å². The average molecular weight is 343 g/mol. The van der Waals surface area contributed by atoms with Crippen molar-refractivity contribution in [1.82, 2.24) is 9.66 Å². The molecule has 0 radical (unpaired) electrons. The number of aryl methyl sites for hydroxylation is 1. The Labute approximate surface area is 143 Å². The van der Waals surface area contributed by atoms with Crippen molar-refractivity contribution in [2.45, 2.75) is 20.0 Å². The summed E-state index contributed by atoms with van der Waals surface area (Å²) in [6.07, 6.45) is -2.53. The predicted octanol–water partition coefficient (Wildman–Crippen LogP) is 5.15. The third-order valence-electron chi connectivity index (χ3n) is 3.82. The summed E-state index contributed by atoms with van der Waals surface area (Å²) in [6.45, 7) is 3.58. The van der Waals surface area contributed by atoms with Gasteiger partial charge in [0, 0.05) is 5.56 Å². The van der Waals surface area contributed by atoms with Crippen LogP contribution < -0.4 is 0 Å². The van der Waals surface area contributed by atoms with Crippen molar-refractivity contribution >= 4 is 5.71 Å². The fraction of sp³-hybridized carbons (Fsp3) is 0.158. The first-order valence-corrected chi connectivity index (χ1v) is 7.69. The number of halogens is 3. The van der Waals surface area contributed by atoms with Crippen LogP contribution in [0.1, 0.15) is 23.9 Å². The number of imidazole rings is 1. The van der Waals surface area contributed by atoms with Crippen molar-refractivity contribution in [3.63, 3.8) is 0 Å². The molecule has 0 unspecified atom stereocenters. The molecule has 0 saturated carbocycles. The second-order valence-corrected chi connectivity index (χ2v) is 5.64. The van der Waals surface area contributed by atoms with Gasteiger partial charge < -0.3 is 0 Å². The summed E-state index contributed by atoms with van der Waals surface area (Å²) in [4.78, 5) is 4.48. The lowest BCUT2D eigenvalue weighted by molar-refractivity contribution is -0.137. The molecule has 0 amide bonds. The van der Waals surface area contributed by atoms with Crippen LogP contribution in [-0.2, 0) is 6.18 Å². The van der Waals surface area contributed by atoms with Crippen molar-refractivity contribution in [3.8, 4) is 11.3 Å². The highest BCUT2D eigenvalue weighted by Gasteiger charge is 2.29. The Morgan fingerprint density at radius 1 is 1.00 bits per heavy atom. The largest absolute Gasteiger partial charge is 0.416 e. The molecule has 3 nitrogen and oxygen atoms in total. The number of hydrogen-bond donors (Lipinski definition) is 0. The average Bonchev–Trinajstić information content (AvgIpc) is 2.96. The van der Waals surface area contributed by atoms with E-state index in [0.717, 1.165) is 23.4 Å². The molecule has 25 heavy (non-hydrogen) atoms. The SMILES string of the molecule is C/C(=N\n1cc(-c2ccccc2)nc1C)c1ccc(C(F)(F)F)cc1. The smallest absolute Gasteiger partial charge is 0.232 e. The van der Waals surface area contributed by atoms with E-state index in [0.29, 0.717) is 17.1 Å². The zero-order chi connectivity index (χ0) is 18.0. The minimum absolute atomic E-state index is 0.605. The number of nitrogens with zero attached hydrogens (tertiary/aromatic N) is 3. The van der Waals surface area contributed by atoms with E-state index in [9.17, 15) is 13.2 Å². The molecule has 0 aliphatic rings. The number of hydrogen-bond acceptors (Lipinski definition) is 2. The quantitative estimate of drug-likeness (QED) is 0.605. The van der Waals surface area contributed by atoms with Gasteiger partial charge in [-0.1, -0.05) is 42.5 Å². The lowest BCUT2D eigenvalue weighted by Gasteiger charge is -2.07. The van der Waals surface area contributed by atoms with Gasteiger partial charge in [-0.3, -0.25) is 0 Å². The Kier molecular flexibility index (Phi) is 4.44. The van der Waals surface area contributed by atoms with Crippen LogP contribution in [-0.4, -0.2) is 15.4 Å². The Hall–Kier alpha value is -2.89. The summed E-state index contributed by atoms with van der Waals surface area (Å²) in [7, 11) is 0. The molecule has 0 aliphatic carbocycles. The van der Waals surface area contributed by atoms with Gasteiger partial charge in [0.05, 0.1) is 23.2 Å². The van der Waals surface area contributed by atoms with E-state index < -0.39 is 11.7 Å². The fourth-order valence-corrected chi connectivity index (χ4v) is 2.43. The van der Waals surface area contributed by atoms with E-state index in [1.165, 1.54) is 12.1 Å². The third kappa shape index (κ3) is 3.79. The summed E-state index contributed by atoms with van der Waals surface area (Å²) in [5.41, 5.74) is 2.33. The first-order chi connectivity index (χ1) is 11.8. The standard InChI is InChI=1S/C19H16F3N3/c1-13(15-8-10-17(11-9-15)19(20,21)22)24-25-12-18(23-14(25)2)16-6-4-3-5-7-16/h3-12H,1-2H3/b24-13+. The van der Waals surface area contributed by atoms with Gasteiger partial charge in [0.15, 0.2) is 0 Å². The van der Waals surface area contributed by atoms with Crippen LogP contribution in [0.4, 0.5) is 13.2 Å². The molecule has 6 heteroatoms. The molecule has 0 N–H and O–H groups in total. The topological polar surface area (TPSA) is 30.2 Å². The Morgan fingerprint density at radius 3 is 2.24 bits per heavy atom. The highest BCUT2D eigenvalue weighted by molar-refractivity contribution is 5.98. The van der Waals surface area contributed by atoms with Crippen molar-refractivity contribution in [2.75, 3.05) is 0 Å². The van der Waals surface area contributed by atoms with Crippen LogP contribution in [0, 0.1) is 6.92 Å². The van der Waals surface area contributed by atoms with E-state index in [1.54, 1.807) is 17.8 Å². The second-order valence-electron chi connectivity index (χ2n) is 5.64. The minimum atomic E-state index is -4.34. The van der Waals surface area contributed by atoms with Gasteiger partial charge in [-0.15, -0.1) is 0 Å². The molecule has 1 heterocycles.